The van der Waals surface area contributed by atoms with Crippen LogP contribution >= 0.6 is 0 Å². The number of allylic oxidation sites excluding steroid dienone is 2. The molecule has 1 heterocycles. The Bertz CT molecular complexity index is 1170. The number of methoxy groups -OCH3 is 1. The highest BCUT2D eigenvalue weighted by molar-refractivity contribution is 6.05. The van der Waals surface area contributed by atoms with E-state index >= 15 is 0 Å². The molecule has 5 rings (SSSR count). The standard InChI is InChI=1S/C26H25NO2/c1-26(2)14-20-24(21(28)15-26)23(18-10-6-7-11-22(18)29-3)19-13-12-16-8-4-5-9-17(16)25(19)27-20/h4-13,23,27H,14-15H2,1-3H3. The Morgan fingerprint density at radius 2 is 1.69 bits per heavy atom. The Morgan fingerprint density at radius 3 is 2.52 bits per heavy atom. The molecule has 3 heteroatoms. The zero-order chi connectivity index (χ0) is 20.2. The van der Waals surface area contributed by atoms with Crippen LogP contribution in [0.2, 0.25) is 0 Å². The summed E-state index contributed by atoms with van der Waals surface area (Å²) in [7, 11) is 1.70. The molecule has 0 saturated carbocycles. The zero-order valence-electron chi connectivity index (χ0n) is 17.1. The number of para-hydroxylation sites is 1. The number of ketones is 1. The molecule has 0 aromatic heterocycles. The summed E-state index contributed by atoms with van der Waals surface area (Å²) in [5.74, 6) is 0.937. The molecular weight excluding hydrogens is 358 g/mol. The first-order valence-electron chi connectivity index (χ1n) is 10.2. The summed E-state index contributed by atoms with van der Waals surface area (Å²) in [6, 6.07) is 20.8. The van der Waals surface area contributed by atoms with Crippen molar-refractivity contribution < 1.29 is 9.53 Å². The number of fused-ring (bicyclic) bond motifs is 3. The highest BCUT2D eigenvalue weighted by Gasteiger charge is 2.41. The number of benzene rings is 3. The molecule has 0 spiro atoms. The first kappa shape index (κ1) is 18.0. The smallest absolute Gasteiger partial charge is 0.162 e. The van der Waals surface area contributed by atoms with Crippen LogP contribution in [0.25, 0.3) is 10.8 Å². The van der Waals surface area contributed by atoms with Crippen molar-refractivity contribution in [3.8, 4) is 5.75 Å². The zero-order valence-corrected chi connectivity index (χ0v) is 17.1. The van der Waals surface area contributed by atoms with Crippen molar-refractivity contribution in [2.45, 2.75) is 32.6 Å². The van der Waals surface area contributed by atoms with Gasteiger partial charge in [0.15, 0.2) is 5.78 Å². The number of rotatable bonds is 2. The molecule has 0 radical (unpaired) electrons. The lowest BCUT2D eigenvalue weighted by Gasteiger charge is -2.40. The predicted molar refractivity (Wildman–Crippen MR) is 117 cm³/mol. The van der Waals surface area contributed by atoms with Crippen molar-refractivity contribution in [3.05, 3.63) is 83.1 Å². The van der Waals surface area contributed by atoms with Gasteiger partial charge in [0.05, 0.1) is 12.8 Å². The van der Waals surface area contributed by atoms with Gasteiger partial charge in [-0.25, -0.2) is 0 Å². The minimum atomic E-state index is -0.120. The van der Waals surface area contributed by atoms with Gasteiger partial charge in [-0.3, -0.25) is 4.79 Å². The van der Waals surface area contributed by atoms with Crippen molar-refractivity contribution in [1.82, 2.24) is 0 Å². The van der Waals surface area contributed by atoms with Crippen LogP contribution in [-0.4, -0.2) is 12.9 Å². The monoisotopic (exact) mass is 383 g/mol. The molecule has 2 aliphatic rings. The van der Waals surface area contributed by atoms with Gasteiger partial charge in [-0.2, -0.15) is 0 Å². The number of nitrogens with one attached hydrogen (secondary N) is 1. The van der Waals surface area contributed by atoms with Crippen molar-refractivity contribution in [3.63, 3.8) is 0 Å². The quantitative estimate of drug-likeness (QED) is 0.585. The fraction of sp³-hybridized carbons (Fsp3) is 0.269. The second-order valence-electron chi connectivity index (χ2n) is 8.88. The van der Waals surface area contributed by atoms with Crippen molar-refractivity contribution >= 4 is 22.2 Å². The number of hydrogen-bond donors (Lipinski definition) is 1. The van der Waals surface area contributed by atoms with E-state index < -0.39 is 0 Å². The van der Waals surface area contributed by atoms with Gasteiger partial charge in [0.1, 0.15) is 5.75 Å². The molecule has 3 aromatic rings. The second kappa shape index (κ2) is 6.48. The third kappa shape index (κ3) is 2.84. The molecule has 3 aromatic carbocycles. The van der Waals surface area contributed by atoms with Crippen LogP contribution in [0, 0.1) is 5.41 Å². The Balaban J connectivity index is 1.82. The summed E-state index contributed by atoms with van der Waals surface area (Å²) in [5.41, 5.74) is 5.22. The normalized spacial score (nSPS) is 20.1. The molecule has 1 unspecified atom stereocenters. The van der Waals surface area contributed by atoms with Gasteiger partial charge in [-0.15, -0.1) is 0 Å². The lowest BCUT2D eigenvalue weighted by Crippen LogP contribution is -2.34. The molecule has 29 heavy (non-hydrogen) atoms. The van der Waals surface area contributed by atoms with E-state index in [9.17, 15) is 4.79 Å². The predicted octanol–water partition coefficient (Wildman–Crippen LogP) is 6.05. The highest BCUT2D eigenvalue weighted by atomic mass is 16.5. The summed E-state index contributed by atoms with van der Waals surface area (Å²) >= 11 is 0. The Hall–Kier alpha value is -3.07. The first-order chi connectivity index (χ1) is 14.0. The second-order valence-corrected chi connectivity index (χ2v) is 8.88. The van der Waals surface area contributed by atoms with Crippen LogP contribution in [-0.2, 0) is 4.79 Å². The summed E-state index contributed by atoms with van der Waals surface area (Å²) in [4.78, 5) is 13.4. The third-order valence-electron chi connectivity index (χ3n) is 6.21. The van der Waals surface area contributed by atoms with Crippen LogP contribution in [0.1, 0.15) is 43.7 Å². The van der Waals surface area contributed by atoms with E-state index in [0.29, 0.717) is 6.42 Å². The van der Waals surface area contributed by atoms with Crippen molar-refractivity contribution in [2.75, 3.05) is 12.4 Å². The van der Waals surface area contributed by atoms with Crippen LogP contribution in [0.15, 0.2) is 71.9 Å². The first-order valence-corrected chi connectivity index (χ1v) is 10.2. The fourth-order valence-electron chi connectivity index (χ4n) is 4.98. The largest absolute Gasteiger partial charge is 0.496 e. The van der Waals surface area contributed by atoms with E-state index in [2.05, 4.69) is 61.6 Å². The van der Waals surface area contributed by atoms with Gasteiger partial charge >= 0.3 is 0 Å². The van der Waals surface area contributed by atoms with E-state index in [1.807, 2.05) is 18.2 Å². The number of carbonyl (C=O) groups excluding carboxylic acids is 1. The molecule has 146 valence electrons. The minimum Gasteiger partial charge on any atom is -0.496 e. The highest BCUT2D eigenvalue weighted by Crippen LogP contribution is 2.51. The topological polar surface area (TPSA) is 38.3 Å². The van der Waals surface area contributed by atoms with E-state index in [1.54, 1.807) is 7.11 Å². The molecule has 1 aliphatic carbocycles. The lowest BCUT2D eigenvalue weighted by molar-refractivity contribution is -0.118. The van der Waals surface area contributed by atoms with Crippen LogP contribution < -0.4 is 10.1 Å². The molecule has 1 aliphatic heterocycles. The van der Waals surface area contributed by atoms with Crippen LogP contribution in [0.4, 0.5) is 5.69 Å². The lowest BCUT2D eigenvalue weighted by atomic mass is 9.68. The maximum absolute atomic E-state index is 13.4. The average molecular weight is 383 g/mol. The summed E-state index contributed by atoms with van der Waals surface area (Å²) in [5, 5.41) is 6.07. The minimum absolute atomic E-state index is 0.0453. The van der Waals surface area contributed by atoms with Gasteiger partial charge in [0.2, 0.25) is 0 Å². The number of anilines is 1. The number of ether oxygens (including phenoxy) is 1. The Kier molecular flexibility index (Phi) is 4.02. The number of Topliss-reactive ketones (excluding diaryl/α,β-unsaturated/α-hetero) is 1. The Labute approximate surface area is 171 Å². The molecular formula is C26H25NO2. The molecule has 0 bridgehead atoms. The van der Waals surface area contributed by atoms with E-state index in [-0.39, 0.29) is 17.1 Å². The van der Waals surface area contributed by atoms with Gasteiger partial charge in [-0.1, -0.05) is 68.4 Å². The maximum atomic E-state index is 13.4. The van der Waals surface area contributed by atoms with Crippen LogP contribution in [0.3, 0.4) is 0 Å². The van der Waals surface area contributed by atoms with E-state index in [0.717, 1.165) is 40.3 Å². The third-order valence-corrected chi connectivity index (χ3v) is 6.21. The molecule has 0 fully saturated rings. The van der Waals surface area contributed by atoms with Crippen molar-refractivity contribution in [2.24, 2.45) is 5.41 Å². The molecule has 0 saturated heterocycles. The van der Waals surface area contributed by atoms with Gasteiger partial charge in [-0.05, 0) is 28.9 Å². The van der Waals surface area contributed by atoms with Gasteiger partial charge < -0.3 is 10.1 Å². The van der Waals surface area contributed by atoms with E-state index in [1.165, 1.54) is 10.8 Å². The van der Waals surface area contributed by atoms with Gasteiger partial charge in [0.25, 0.3) is 0 Å². The fourth-order valence-corrected chi connectivity index (χ4v) is 4.98. The van der Waals surface area contributed by atoms with E-state index in [4.69, 9.17) is 4.74 Å². The molecule has 0 amide bonds. The Morgan fingerprint density at radius 1 is 0.931 bits per heavy atom. The van der Waals surface area contributed by atoms with Crippen molar-refractivity contribution in [1.29, 1.82) is 0 Å². The summed E-state index contributed by atoms with van der Waals surface area (Å²) in [6.07, 6.45) is 1.43. The molecule has 1 N–H and O–H groups in total. The molecule has 3 nitrogen and oxygen atoms in total. The molecule has 1 atom stereocenters. The number of hydrogen-bond acceptors (Lipinski definition) is 3. The van der Waals surface area contributed by atoms with Crippen LogP contribution in [0.5, 0.6) is 5.75 Å². The summed E-state index contributed by atoms with van der Waals surface area (Å²) in [6.45, 7) is 4.35. The summed E-state index contributed by atoms with van der Waals surface area (Å²) < 4.78 is 5.70. The van der Waals surface area contributed by atoms with Gasteiger partial charge in [0, 0.05) is 34.6 Å². The maximum Gasteiger partial charge on any atom is 0.162 e. The number of carbonyl (C=O) groups is 1. The average Bonchev–Trinajstić information content (AvgIpc) is 2.71. The SMILES string of the molecule is COc1ccccc1C1C2=C(CC(C)(C)CC2=O)Nc2c1ccc1ccccc21.